The van der Waals surface area contributed by atoms with Gasteiger partial charge in [-0.1, -0.05) is 28.1 Å². The van der Waals surface area contributed by atoms with Crippen LogP contribution in [0.15, 0.2) is 12.1 Å². The number of carbonyl (C=O) groups excluding carboxylic acids is 2. The lowest BCUT2D eigenvalue weighted by atomic mass is 10.0. The van der Waals surface area contributed by atoms with Crippen LogP contribution in [-0.4, -0.2) is 24.6 Å². The number of anilines is 1. The zero-order valence-electron chi connectivity index (χ0n) is 10.4. The number of rotatable bonds is 5. The van der Waals surface area contributed by atoms with E-state index >= 15 is 0 Å². The van der Waals surface area contributed by atoms with E-state index in [9.17, 15) is 9.59 Å². The second-order valence-electron chi connectivity index (χ2n) is 3.95. The summed E-state index contributed by atoms with van der Waals surface area (Å²) < 4.78 is 0. The molecule has 0 bridgehead atoms. The minimum absolute atomic E-state index is 0.0268. The van der Waals surface area contributed by atoms with Crippen molar-refractivity contribution in [1.82, 2.24) is 0 Å². The summed E-state index contributed by atoms with van der Waals surface area (Å²) in [6, 6.07) is 3.95. The number of aldehydes is 1. The van der Waals surface area contributed by atoms with E-state index < -0.39 is 0 Å². The average Bonchev–Trinajstić information content (AvgIpc) is 2.37. The number of amides is 1. The molecule has 18 heavy (non-hydrogen) atoms. The van der Waals surface area contributed by atoms with Crippen molar-refractivity contribution in [3.05, 3.63) is 28.8 Å². The fraction of sp³-hybridized carbons (Fsp3) is 0.385. The Morgan fingerprint density at radius 3 is 2.61 bits per heavy atom. The molecule has 0 spiro atoms. The highest BCUT2D eigenvalue weighted by Crippen LogP contribution is 2.29. The van der Waals surface area contributed by atoms with E-state index in [-0.39, 0.29) is 18.3 Å². The molecule has 0 aliphatic heterocycles. The summed E-state index contributed by atoms with van der Waals surface area (Å²) in [5.74, 6) is -0.396. The van der Waals surface area contributed by atoms with Crippen molar-refractivity contribution >= 4 is 45.4 Å². The highest BCUT2D eigenvalue weighted by molar-refractivity contribution is 9.08. The van der Waals surface area contributed by atoms with Crippen LogP contribution in [0.3, 0.4) is 0 Å². The highest BCUT2D eigenvalue weighted by atomic mass is 79.9. The molecular formula is C13H15BrClNO2. The van der Waals surface area contributed by atoms with Gasteiger partial charge < -0.3 is 9.69 Å². The molecule has 0 saturated heterocycles. The van der Waals surface area contributed by atoms with Crippen molar-refractivity contribution in [2.24, 2.45) is 0 Å². The Morgan fingerprint density at radius 1 is 1.44 bits per heavy atom. The Morgan fingerprint density at radius 2 is 2.11 bits per heavy atom. The maximum absolute atomic E-state index is 11.8. The summed E-state index contributed by atoms with van der Waals surface area (Å²) in [6.45, 7) is 3.89. The van der Waals surface area contributed by atoms with Gasteiger partial charge in [0.15, 0.2) is 0 Å². The number of carbonyl (C=O) groups is 2. The Bertz CT molecular complexity index is 463. The van der Waals surface area contributed by atoms with Crippen molar-refractivity contribution in [2.45, 2.75) is 19.2 Å². The number of benzene rings is 1. The topological polar surface area (TPSA) is 37.4 Å². The van der Waals surface area contributed by atoms with Crippen LogP contribution in [0.25, 0.3) is 0 Å². The van der Waals surface area contributed by atoms with E-state index in [1.807, 2.05) is 26.0 Å². The summed E-state index contributed by atoms with van der Waals surface area (Å²) in [5, 5.41) is 0.704. The summed E-state index contributed by atoms with van der Waals surface area (Å²) in [7, 11) is 0. The number of aryl methyl sites for hydroxylation is 1. The summed E-state index contributed by atoms with van der Waals surface area (Å²) in [6.07, 6.45) is 0.712. The van der Waals surface area contributed by atoms with Gasteiger partial charge in [-0.2, -0.15) is 0 Å². The minimum atomic E-state index is -0.262. The average molecular weight is 333 g/mol. The van der Waals surface area contributed by atoms with Crippen molar-refractivity contribution in [3.63, 3.8) is 0 Å². The Labute approximate surface area is 120 Å². The molecule has 1 rings (SSSR count). The SMILES string of the molecule is Cc1ccc(CBr)c(C)c1N(CC=O)C(=O)CCl. The molecule has 1 aromatic carbocycles. The maximum atomic E-state index is 11.8. The third-order valence-corrected chi connectivity index (χ3v) is 3.66. The van der Waals surface area contributed by atoms with Gasteiger partial charge in [0.25, 0.3) is 0 Å². The lowest BCUT2D eigenvalue weighted by Gasteiger charge is -2.24. The van der Waals surface area contributed by atoms with Gasteiger partial charge in [0, 0.05) is 5.33 Å². The fourth-order valence-corrected chi connectivity index (χ4v) is 2.65. The molecule has 0 atom stereocenters. The van der Waals surface area contributed by atoms with Crippen molar-refractivity contribution in [3.8, 4) is 0 Å². The zero-order chi connectivity index (χ0) is 13.7. The predicted octanol–water partition coefficient (Wildman–Crippen LogP) is 2.97. The summed E-state index contributed by atoms with van der Waals surface area (Å²) in [4.78, 5) is 24.0. The molecule has 0 N–H and O–H groups in total. The van der Waals surface area contributed by atoms with E-state index in [2.05, 4.69) is 15.9 Å². The molecule has 0 aromatic heterocycles. The van der Waals surface area contributed by atoms with E-state index in [0.29, 0.717) is 11.6 Å². The van der Waals surface area contributed by atoms with Crippen LogP contribution in [0.1, 0.15) is 16.7 Å². The Hall–Kier alpha value is -0.870. The molecule has 0 aliphatic carbocycles. The third kappa shape index (κ3) is 3.12. The van der Waals surface area contributed by atoms with E-state index in [0.717, 1.165) is 22.4 Å². The molecule has 3 nitrogen and oxygen atoms in total. The van der Waals surface area contributed by atoms with Crippen LogP contribution >= 0.6 is 27.5 Å². The normalized spacial score (nSPS) is 10.2. The molecule has 1 aromatic rings. The molecule has 0 unspecified atom stereocenters. The Kier molecular flexibility index (Phi) is 5.82. The van der Waals surface area contributed by atoms with Crippen LogP contribution in [0.5, 0.6) is 0 Å². The third-order valence-electron chi connectivity index (χ3n) is 2.83. The molecule has 0 heterocycles. The van der Waals surface area contributed by atoms with Gasteiger partial charge in [-0.05, 0) is 30.5 Å². The van der Waals surface area contributed by atoms with Crippen LogP contribution in [-0.2, 0) is 14.9 Å². The first-order chi connectivity index (χ1) is 8.56. The molecule has 0 aliphatic rings. The lowest BCUT2D eigenvalue weighted by Crippen LogP contribution is -2.34. The van der Waals surface area contributed by atoms with Crippen molar-refractivity contribution in [2.75, 3.05) is 17.3 Å². The zero-order valence-corrected chi connectivity index (χ0v) is 12.7. The quantitative estimate of drug-likeness (QED) is 0.614. The van der Waals surface area contributed by atoms with Crippen LogP contribution in [0, 0.1) is 13.8 Å². The van der Waals surface area contributed by atoms with Gasteiger partial charge in [0.1, 0.15) is 12.2 Å². The molecule has 5 heteroatoms. The smallest absolute Gasteiger partial charge is 0.242 e. The first-order valence-electron chi connectivity index (χ1n) is 5.51. The van der Waals surface area contributed by atoms with Crippen LogP contribution in [0.2, 0.25) is 0 Å². The number of hydrogen-bond donors (Lipinski definition) is 0. The van der Waals surface area contributed by atoms with Gasteiger partial charge in [-0.15, -0.1) is 11.6 Å². The number of nitrogens with zero attached hydrogens (tertiary/aromatic N) is 1. The van der Waals surface area contributed by atoms with Crippen molar-refractivity contribution in [1.29, 1.82) is 0 Å². The Balaban J connectivity index is 3.34. The first kappa shape index (κ1) is 15.2. The summed E-state index contributed by atoms with van der Waals surface area (Å²) >= 11 is 9.00. The molecule has 1 amide bonds. The molecule has 0 fully saturated rings. The molecule has 98 valence electrons. The monoisotopic (exact) mass is 331 g/mol. The van der Waals surface area contributed by atoms with E-state index in [4.69, 9.17) is 11.6 Å². The first-order valence-corrected chi connectivity index (χ1v) is 7.17. The second kappa shape index (κ2) is 6.90. The summed E-state index contributed by atoms with van der Waals surface area (Å²) in [5.41, 5.74) is 3.82. The highest BCUT2D eigenvalue weighted by Gasteiger charge is 2.19. The molecular weight excluding hydrogens is 318 g/mol. The van der Waals surface area contributed by atoms with E-state index in [1.165, 1.54) is 4.90 Å². The second-order valence-corrected chi connectivity index (χ2v) is 4.78. The fourth-order valence-electron chi connectivity index (χ4n) is 1.90. The molecule has 0 radical (unpaired) electrons. The van der Waals surface area contributed by atoms with Crippen LogP contribution in [0.4, 0.5) is 5.69 Å². The standard InChI is InChI=1S/C13H15BrClNO2/c1-9-3-4-11(7-14)10(2)13(9)16(5-6-17)12(18)8-15/h3-4,6H,5,7-8H2,1-2H3. The lowest BCUT2D eigenvalue weighted by molar-refractivity contribution is -0.117. The van der Waals surface area contributed by atoms with Gasteiger partial charge >= 0.3 is 0 Å². The largest absolute Gasteiger partial charge is 0.304 e. The number of hydrogen-bond acceptors (Lipinski definition) is 2. The number of halogens is 2. The van der Waals surface area contributed by atoms with Crippen molar-refractivity contribution < 1.29 is 9.59 Å². The van der Waals surface area contributed by atoms with Gasteiger partial charge in [0.05, 0.1) is 12.2 Å². The van der Waals surface area contributed by atoms with Gasteiger partial charge in [0.2, 0.25) is 5.91 Å². The maximum Gasteiger partial charge on any atom is 0.242 e. The van der Waals surface area contributed by atoms with Crippen LogP contribution < -0.4 is 4.90 Å². The number of alkyl halides is 2. The van der Waals surface area contributed by atoms with Gasteiger partial charge in [-0.3, -0.25) is 4.79 Å². The molecule has 0 saturated carbocycles. The minimum Gasteiger partial charge on any atom is -0.304 e. The van der Waals surface area contributed by atoms with E-state index in [1.54, 1.807) is 0 Å². The van der Waals surface area contributed by atoms with Gasteiger partial charge in [-0.25, -0.2) is 0 Å². The predicted molar refractivity (Wildman–Crippen MR) is 77.7 cm³/mol.